The van der Waals surface area contributed by atoms with Crippen LogP contribution in [-0.2, 0) is 14.3 Å². The molecule has 8 heteroatoms. The number of ketones is 1. The Hall–Kier alpha value is -3.36. The number of carbonyl (C=O) groups is 2. The van der Waals surface area contributed by atoms with Gasteiger partial charge in [0.1, 0.15) is 17.3 Å². The molecule has 1 unspecified atom stereocenters. The van der Waals surface area contributed by atoms with Gasteiger partial charge in [0.2, 0.25) is 0 Å². The molecule has 2 aliphatic heterocycles. The topological polar surface area (TPSA) is 88.5 Å². The highest BCUT2D eigenvalue weighted by molar-refractivity contribution is 6.46. The number of nitrogens with zero attached hydrogens (tertiary/aromatic N) is 2. The number of hydrogen-bond acceptors (Lipinski definition) is 7. The van der Waals surface area contributed by atoms with E-state index >= 15 is 0 Å². The van der Waals surface area contributed by atoms with E-state index in [2.05, 4.69) is 4.90 Å². The fourth-order valence-electron chi connectivity index (χ4n) is 4.44. The van der Waals surface area contributed by atoms with Crippen LogP contribution in [0.2, 0.25) is 0 Å². The molecule has 1 atom stereocenters. The maximum absolute atomic E-state index is 13.2. The van der Waals surface area contributed by atoms with Gasteiger partial charge in [0.15, 0.2) is 0 Å². The third kappa shape index (κ3) is 5.49. The number of benzene rings is 2. The summed E-state index contributed by atoms with van der Waals surface area (Å²) in [6, 6.07) is 13.4. The number of hydrogen-bond donors (Lipinski definition) is 1. The molecule has 1 N–H and O–H groups in total. The fraction of sp³-hybridized carbons (Fsp3) is 0.407. The Bertz CT molecular complexity index is 1070. The van der Waals surface area contributed by atoms with Crippen molar-refractivity contribution >= 4 is 17.4 Å². The minimum absolute atomic E-state index is 0.0151. The number of morpholine rings is 1. The normalized spacial score (nSPS) is 20.5. The van der Waals surface area contributed by atoms with Crippen LogP contribution in [0.3, 0.4) is 0 Å². The molecule has 2 aliphatic rings. The van der Waals surface area contributed by atoms with Crippen molar-refractivity contribution in [3.63, 3.8) is 0 Å². The van der Waals surface area contributed by atoms with Crippen molar-refractivity contribution in [2.75, 3.05) is 46.5 Å². The van der Waals surface area contributed by atoms with Crippen LogP contribution >= 0.6 is 0 Å². The van der Waals surface area contributed by atoms with Gasteiger partial charge < -0.3 is 24.2 Å². The van der Waals surface area contributed by atoms with Crippen LogP contribution in [0.15, 0.2) is 54.1 Å². The molecule has 2 aromatic carbocycles. The van der Waals surface area contributed by atoms with Crippen molar-refractivity contribution in [2.45, 2.75) is 26.0 Å². The van der Waals surface area contributed by atoms with Gasteiger partial charge in [-0.2, -0.15) is 0 Å². The molecule has 0 aliphatic carbocycles. The lowest BCUT2D eigenvalue weighted by Gasteiger charge is -2.31. The lowest BCUT2D eigenvalue weighted by Crippen LogP contribution is -2.42. The summed E-state index contributed by atoms with van der Waals surface area (Å²) in [6.07, 6.45) is 0.0151. The van der Waals surface area contributed by atoms with Crippen LogP contribution in [0.4, 0.5) is 0 Å². The second-order valence-corrected chi connectivity index (χ2v) is 8.91. The van der Waals surface area contributed by atoms with Gasteiger partial charge in [-0.1, -0.05) is 12.1 Å². The van der Waals surface area contributed by atoms with Gasteiger partial charge in [0.25, 0.3) is 11.7 Å². The predicted molar refractivity (Wildman–Crippen MR) is 131 cm³/mol. The summed E-state index contributed by atoms with van der Waals surface area (Å²) in [5.74, 6) is -0.170. The van der Waals surface area contributed by atoms with Crippen molar-refractivity contribution in [1.29, 1.82) is 0 Å². The standard InChI is InChI=1S/C27H32N2O6/c1-18(2)35-22-10-6-20(7-11-22)25(30)23-24(19-4-8-21(33-3)9-5-19)29(27(32)26(23)31)13-12-28-14-16-34-17-15-28/h4-11,18,24,30H,12-17H2,1-3H3/b25-23-. The van der Waals surface area contributed by atoms with Gasteiger partial charge in [-0.25, -0.2) is 0 Å². The van der Waals surface area contributed by atoms with Crippen molar-refractivity contribution in [1.82, 2.24) is 9.80 Å². The van der Waals surface area contributed by atoms with Gasteiger partial charge in [0, 0.05) is 31.7 Å². The quantitative estimate of drug-likeness (QED) is 0.353. The Morgan fingerprint density at radius 2 is 1.63 bits per heavy atom. The molecule has 0 aromatic heterocycles. The highest BCUT2D eigenvalue weighted by Gasteiger charge is 2.46. The van der Waals surface area contributed by atoms with Crippen LogP contribution < -0.4 is 9.47 Å². The molecular weight excluding hydrogens is 448 g/mol. The zero-order valence-corrected chi connectivity index (χ0v) is 20.4. The van der Waals surface area contributed by atoms with Crippen molar-refractivity contribution in [2.24, 2.45) is 0 Å². The van der Waals surface area contributed by atoms with E-state index in [4.69, 9.17) is 14.2 Å². The first-order valence-electron chi connectivity index (χ1n) is 11.9. The average molecular weight is 481 g/mol. The molecule has 0 spiro atoms. The summed E-state index contributed by atoms with van der Waals surface area (Å²) in [6.45, 7) is 7.70. The molecule has 186 valence electrons. The van der Waals surface area contributed by atoms with Crippen LogP contribution in [0.5, 0.6) is 11.5 Å². The van der Waals surface area contributed by atoms with Crippen molar-refractivity contribution in [3.05, 3.63) is 65.2 Å². The SMILES string of the molecule is COc1ccc(C2/C(=C(/O)c3ccc(OC(C)C)cc3)C(=O)C(=O)N2CCN2CCOCC2)cc1. The Labute approximate surface area is 205 Å². The maximum Gasteiger partial charge on any atom is 0.295 e. The summed E-state index contributed by atoms with van der Waals surface area (Å²) in [5.41, 5.74) is 1.26. The highest BCUT2D eigenvalue weighted by Crippen LogP contribution is 2.40. The minimum atomic E-state index is -0.700. The van der Waals surface area contributed by atoms with Crippen LogP contribution in [0, 0.1) is 0 Å². The summed E-state index contributed by atoms with van der Waals surface area (Å²) >= 11 is 0. The first-order valence-corrected chi connectivity index (χ1v) is 11.9. The van der Waals surface area contributed by atoms with E-state index in [9.17, 15) is 14.7 Å². The zero-order valence-electron chi connectivity index (χ0n) is 20.4. The largest absolute Gasteiger partial charge is 0.507 e. The molecule has 1 amide bonds. The average Bonchev–Trinajstić information content (AvgIpc) is 3.12. The zero-order chi connectivity index (χ0) is 24.9. The van der Waals surface area contributed by atoms with Crippen LogP contribution in [0.25, 0.3) is 5.76 Å². The second kappa shape index (κ2) is 10.9. The van der Waals surface area contributed by atoms with E-state index in [1.165, 1.54) is 0 Å². The van der Waals surface area contributed by atoms with Gasteiger partial charge in [0.05, 0.1) is 38.0 Å². The number of Topliss-reactive ketones (excluding diaryl/α,β-unsaturated/α-hetero) is 1. The van der Waals surface area contributed by atoms with Crippen molar-refractivity contribution in [3.8, 4) is 11.5 Å². The van der Waals surface area contributed by atoms with E-state index < -0.39 is 17.7 Å². The Balaban J connectivity index is 1.69. The van der Waals surface area contributed by atoms with Gasteiger partial charge in [-0.3, -0.25) is 14.5 Å². The van der Waals surface area contributed by atoms with Gasteiger partial charge >= 0.3 is 0 Å². The molecule has 4 rings (SSSR count). The van der Waals surface area contributed by atoms with E-state index in [1.807, 2.05) is 26.0 Å². The number of methoxy groups -OCH3 is 1. The molecule has 2 fully saturated rings. The lowest BCUT2D eigenvalue weighted by molar-refractivity contribution is -0.140. The third-order valence-electron chi connectivity index (χ3n) is 6.23. The molecule has 0 saturated carbocycles. The Morgan fingerprint density at radius 3 is 2.23 bits per heavy atom. The van der Waals surface area contributed by atoms with E-state index in [0.717, 1.165) is 18.7 Å². The fourth-order valence-corrected chi connectivity index (χ4v) is 4.44. The van der Waals surface area contributed by atoms with Crippen LogP contribution in [0.1, 0.15) is 31.0 Å². The maximum atomic E-state index is 13.2. The first kappa shape index (κ1) is 24.8. The number of aliphatic hydroxyl groups is 1. The molecule has 35 heavy (non-hydrogen) atoms. The molecule has 8 nitrogen and oxygen atoms in total. The van der Waals surface area contributed by atoms with Gasteiger partial charge in [-0.05, 0) is 55.8 Å². The number of rotatable bonds is 8. The highest BCUT2D eigenvalue weighted by atomic mass is 16.5. The Kier molecular flexibility index (Phi) is 7.73. The van der Waals surface area contributed by atoms with Gasteiger partial charge in [-0.15, -0.1) is 0 Å². The number of amides is 1. The molecule has 2 saturated heterocycles. The summed E-state index contributed by atoms with van der Waals surface area (Å²) < 4.78 is 16.4. The smallest absolute Gasteiger partial charge is 0.295 e. The van der Waals surface area contributed by atoms with E-state index in [1.54, 1.807) is 48.4 Å². The molecule has 0 bridgehead atoms. The summed E-state index contributed by atoms with van der Waals surface area (Å²) in [4.78, 5) is 30.1. The molecular formula is C27H32N2O6. The number of carbonyl (C=O) groups excluding carboxylic acids is 2. The Morgan fingerprint density at radius 1 is 1.00 bits per heavy atom. The number of ether oxygens (including phenoxy) is 3. The van der Waals surface area contributed by atoms with E-state index in [-0.39, 0.29) is 17.4 Å². The predicted octanol–water partition coefficient (Wildman–Crippen LogP) is 3.24. The molecule has 2 aromatic rings. The third-order valence-corrected chi connectivity index (χ3v) is 6.23. The lowest BCUT2D eigenvalue weighted by atomic mass is 9.95. The minimum Gasteiger partial charge on any atom is -0.507 e. The summed E-state index contributed by atoms with van der Waals surface area (Å²) in [5, 5.41) is 11.2. The summed E-state index contributed by atoms with van der Waals surface area (Å²) in [7, 11) is 1.58. The molecule has 2 heterocycles. The van der Waals surface area contributed by atoms with E-state index in [0.29, 0.717) is 43.4 Å². The number of aliphatic hydroxyl groups excluding tert-OH is 1. The molecule has 0 radical (unpaired) electrons. The second-order valence-electron chi connectivity index (χ2n) is 8.91. The van der Waals surface area contributed by atoms with Crippen LogP contribution in [-0.4, -0.2) is 79.2 Å². The first-order chi connectivity index (χ1) is 16.9. The monoisotopic (exact) mass is 480 g/mol. The number of likely N-dealkylation sites (tertiary alicyclic amines) is 1. The van der Waals surface area contributed by atoms with Crippen molar-refractivity contribution < 1.29 is 28.9 Å².